The van der Waals surface area contributed by atoms with Gasteiger partial charge in [0.25, 0.3) is 0 Å². The maximum absolute atomic E-state index is 14.7. The fraction of sp³-hybridized carbons (Fsp3) is 0.292. The molecule has 2 aromatic carbocycles. The van der Waals surface area contributed by atoms with Crippen molar-refractivity contribution >= 4 is 38.4 Å². The average molecular weight is 569 g/mol. The zero-order valence-electron chi connectivity index (χ0n) is 20.8. The van der Waals surface area contributed by atoms with Crippen molar-refractivity contribution in [1.29, 1.82) is 0 Å². The molecule has 0 amide bonds. The van der Waals surface area contributed by atoms with E-state index in [1.165, 1.54) is 22.2 Å². The molecular formula is C24H21F5N6O3S. The third-order valence-electron chi connectivity index (χ3n) is 6.54. The first-order valence-corrected chi connectivity index (χ1v) is 13.4. The summed E-state index contributed by atoms with van der Waals surface area (Å²) in [5.41, 5.74) is -0.833. The summed E-state index contributed by atoms with van der Waals surface area (Å²) in [6.07, 6.45) is -1.42. The summed E-state index contributed by atoms with van der Waals surface area (Å²) in [6.45, 7) is 0.352. The summed E-state index contributed by atoms with van der Waals surface area (Å²) in [4.78, 5) is 10.2. The predicted octanol–water partition coefficient (Wildman–Crippen LogP) is 4.51. The van der Waals surface area contributed by atoms with Crippen LogP contribution >= 0.6 is 0 Å². The molecule has 0 saturated carbocycles. The lowest BCUT2D eigenvalue weighted by Crippen LogP contribution is -2.34. The molecule has 0 spiro atoms. The molecule has 0 saturated heterocycles. The van der Waals surface area contributed by atoms with Crippen molar-refractivity contribution in [2.45, 2.75) is 19.0 Å². The van der Waals surface area contributed by atoms with Crippen LogP contribution in [0.5, 0.6) is 5.75 Å². The van der Waals surface area contributed by atoms with Crippen molar-refractivity contribution < 1.29 is 35.5 Å². The van der Waals surface area contributed by atoms with E-state index in [2.05, 4.69) is 15.1 Å². The van der Waals surface area contributed by atoms with E-state index in [9.17, 15) is 35.5 Å². The number of phenols is 1. The number of aryl methyl sites for hydroxylation is 2. The molecule has 1 N–H and O–H groups in total. The number of alkyl halides is 3. The number of hydrogen-bond donors (Lipinski definition) is 1. The molecule has 4 aromatic rings. The molecule has 206 valence electrons. The Bertz CT molecular complexity index is 1740. The van der Waals surface area contributed by atoms with Crippen LogP contribution < -0.4 is 9.21 Å². The Balaban J connectivity index is 1.58. The standard InChI is InChI=1S/C24H21F5N6O3S/c1-33(13-7-6-12-5-4-8-35(17(12)9-13)39(3,37)38)23-30-11-15-20(32-34(2)22(15)31-23)14-10-16(24(27,28)29)19(26)21(36)18(14)25/h6-7,9-11,36H,4-5,8H2,1-3H3. The second-order valence-corrected chi connectivity index (χ2v) is 11.0. The first-order chi connectivity index (χ1) is 18.2. The van der Waals surface area contributed by atoms with Gasteiger partial charge in [-0.1, -0.05) is 6.07 Å². The number of fused-ring (bicyclic) bond motifs is 2. The van der Waals surface area contributed by atoms with Gasteiger partial charge in [0.15, 0.2) is 23.0 Å². The molecule has 0 fully saturated rings. The van der Waals surface area contributed by atoms with Crippen molar-refractivity contribution in [2.75, 3.05) is 29.1 Å². The molecule has 0 radical (unpaired) electrons. The fourth-order valence-corrected chi connectivity index (χ4v) is 5.58. The van der Waals surface area contributed by atoms with Crippen molar-refractivity contribution in [3.8, 4) is 17.0 Å². The molecule has 5 rings (SSSR count). The minimum absolute atomic E-state index is 0.0568. The summed E-state index contributed by atoms with van der Waals surface area (Å²) in [5, 5.41) is 13.8. The third-order valence-corrected chi connectivity index (χ3v) is 7.72. The predicted molar refractivity (Wildman–Crippen MR) is 133 cm³/mol. The molecule has 0 aliphatic carbocycles. The van der Waals surface area contributed by atoms with Gasteiger partial charge < -0.3 is 10.0 Å². The number of hydrogen-bond acceptors (Lipinski definition) is 7. The molecule has 9 nitrogen and oxygen atoms in total. The Hall–Kier alpha value is -4.01. The lowest BCUT2D eigenvalue weighted by atomic mass is 10.0. The number of sulfonamides is 1. The topological polar surface area (TPSA) is 104 Å². The highest BCUT2D eigenvalue weighted by atomic mass is 32.2. The van der Waals surface area contributed by atoms with Crippen LogP contribution in [0, 0.1) is 11.6 Å². The first kappa shape index (κ1) is 26.6. The van der Waals surface area contributed by atoms with Gasteiger partial charge in [0, 0.05) is 38.1 Å². The minimum atomic E-state index is -5.19. The number of rotatable bonds is 4. The van der Waals surface area contributed by atoms with E-state index in [0.29, 0.717) is 24.3 Å². The summed E-state index contributed by atoms with van der Waals surface area (Å²) < 4.78 is 95.7. The van der Waals surface area contributed by atoms with Crippen LogP contribution in [-0.2, 0) is 29.7 Å². The molecule has 2 aromatic heterocycles. The van der Waals surface area contributed by atoms with Gasteiger partial charge in [-0.15, -0.1) is 0 Å². The van der Waals surface area contributed by atoms with E-state index in [-0.39, 0.29) is 28.7 Å². The van der Waals surface area contributed by atoms with Gasteiger partial charge in [0.05, 0.1) is 22.9 Å². The van der Waals surface area contributed by atoms with Crippen LogP contribution in [0.4, 0.5) is 39.3 Å². The van der Waals surface area contributed by atoms with Crippen LogP contribution in [0.3, 0.4) is 0 Å². The quantitative estimate of drug-likeness (QED) is 0.361. The average Bonchev–Trinajstić information content (AvgIpc) is 3.20. The van der Waals surface area contributed by atoms with Crippen LogP contribution in [0.2, 0.25) is 0 Å². The van der Waals surface area contributed by atoms with E-state index < -0.39 is 44.7 Å². The van der Waals surface area contributed by atoms with Crippen molar-refractivity contribution in [3.05, 3.63) is 53.2 Å². The molecule has 1 aliphatic rings. The zero-order valence-corrected chi connectivity index (χ0v) is 21.6. The lowest BCUT2D eigenvalue weighted by molar-refractivity contribution is -0.140. The van der Waals surface area contributed by atoms with Gasteiger partial charge in [-0.3, -0.25) is 4.31 Å². The van der Waals surface area contributed by atoms with Crippen molar-refractivity contribution in [3.63, 3.8) is 0 Å². The smallest absolute Gasteiger partial charge is 0.419 e. The highest BCUT2D eigenvalue weighted by Gasteiger charge is 2.38. The number of anilines is 3. The van der Waals surface area contributed by atoms with Crippen molar-refractivity contribution in [1.82, 2.24) is 19.7 Å². The summed E-state index contributed by atoms with van der Waals surface area (Å²) in [6, 6.07) is 5.55. The Labute approximate surface area is 219 Å². The highest BCUT2D eigenvalue weighted by molar-refractivity contribution is 7.92. The van der Waals surface area contributed by atoms with E-state index in [0.717, 1.165) is 18.2 Å². The SMILES string of the molecule is CN(c1ccc2c(c1)N(S(C)(=O)=O)CCC2)c1ncc2c(-c3cc(C(F)(F)F)c(F)c(O)c3F)nn(C)c2n1. The highest BCUT2D eigenvalue weighted by Crippen LogP contribution is 2.41. The third kappa shape index (κ3) is 4.49. The Morgan fingerprint density at radius 1 is 1.13 bits per heavy atom. The van der Waals surface area contributed by atoms with Crippen molar-refractivity contribution in [2.24, 2.45) is 7.05 Å². The number of nitrogens with zero attached hydrogens (tertiary/aromatic N) is 6. The summed E-state index contributed by atoms with van der Waals surface area (Å²) >= 11 is 0. The largest absolute Gasteiger partial charge is 0.503 e. The van der Waals surface area contributed by atoms with Crippen LogP contribution in [0.15, 0.2) is 30.5 Å². The van der Waals surface area contributed by atoms with E-state index in [1.54, 1.807) is 24.1 Å². The summed E-state index contributed by atoms with van der Waals surface area (Å²) in [7, 11) is -0.429. The number of halogens is 5. The molecule has 3 heterocycles. The number of benzene rings is 2. The van der Waals surface area contributed by atoms with Gasteiger partial charge in [0.2, 0.25) is 16.0 Å². The van der Waals surface area contributed by atoms with E-state index in [1.807, 2.05) is 6.07 Å². The molecule has 0 atom stereocenters. The number of phenolic OH excluding ortho intramolecular Hbond substituents is 1. The van der Waals surface area contributed by atoms with Crippen LogP contribution in [-0.4, -0.2) is 53.1 Å². The van der Waals surface area contributed by atoms with Gasteiger partial charge in [-0.05, 0) is 36.6 Å². The lowest BCUT2D eigenvalue weighted by Gasteiger charge is -2.30. The maximum Gasteiger partial charge on any atom is 0.419 e. The van der Waals surface area contributed by atoms with E-state index in [4.69, 9.17) is 0 Å². The van der Waals surface area contributed by atoms with Gasteiger partial charge in [-0.25, -0.2) is 26.9 Å². The second-order valence-electron chi connectivity index (χ2n) is 9.14. The van der Waals surface area contributed by atoms with E-state index >= 15 is 0 Å². The van der Waals surface area contributed by atoms with Gasteiger partial charge in [0.1, 0.15) is 5.69 Å². The number of aromatic nitrogens is 4. The molecular weight excluding hydrogens is 547 g/mol. The number of aromatic hydroxyl groups is 1. The maximum atomic E-state index is 14.7. The normalized spacial score (nSPS) is 14.1. The summed E-state index contributed by atoms with van der Waals surface area (Å²) in [5.74, 6) is -5.36. The monoisotopic (exact) mass is 568 g/mol. The molecule has 39 heavy (non-hydrogen) atoms. The fourth-order valence-electron chi connectivity index (χ4n) is 4.59. The first-order valence-electron chi connectivity index (χ1n) is 11.5. The second kappa shape index (κ2) is 9.03. The Morgan fingerprint density at radius 3 is 2.51 bits per heavy atom. The van der Waals surface area contributed by atoms with Gasteiger partial charge >= 0.3 is 6.18 Å². The minimum Gasteiger partial charge on any atom is -0.503 e. The Kier molecular flexibility index (Phi) is 6.16. The van der Waals surface area contributed by atoms with Gasteiger partial charge in [-0.2, -0.15) is 23.3 Å². The zero-order chi connectivity index (χ0) is 28.4. The molecule has 1 aliphatic heterocycles. The van der Waals surface area contributed by atoms with Crippen LogP contribution in [0.25, 0.3) is 22.3 Å². The Morgan fingerprint density at radius 2 is 1.85 bits per heavy atom. The van der Waals surface area contributed by atoms with Crippen LogP contribution in [0.1, 0.15) is 17.5 Å². The molecule has 15 heteroatoms. The molecule has 0 bridgehead atoms. The molecule has 0 unspecified atom stereocenters.